The summed E-state index contributed by atoms with van der Waals surface area (Å²) in [6, 6.07) is 14.1. The predicted molar refractivity (Wildman–Crippen MR) is 125 cm³/mol. The number of carbonyl (C=O) groups is 2. The molecule has 0 aromatic heterocycles. The summed E-state index contributed by atoms with van der Waals surface area (Å²) in [5, 5.41) is 8.66. The quantitative estimate of drug-likeness (QED) is 0.518. The second-order valence-corrected chi connectivity index (χ2v) is 7.90. The first-order chi connectivity index (χ1) is 14.3. The minimum Gasteiger partial charge on any atom is -0.491 e. The minimum absolute atomic E-state index is 0.0203. The molecular formula is C23H29N3O3S. The molecule has 0 bridgehead atoms. The lowest BCUT2D eigenvalue weighted by atomic mass is 10.1. The topological polar surface area (TPSA) is 79.5 Å². The fourth-order valence-corrected chi connectivity index (χ4v) is 2.79. The SMILES string of the molecule is CCC(C)Oc1cccc(C(=O)NC(=S)Nc2ccc(NC(=O)CC(C)C)cc2)c1. The Kier molecular flexibility index (Phi) is 8.80. The van der Waals surface area contributed by atoms with Gasteiger partial charge in [-0.25, -0.2) is 0 Å². The van der Waals surface area contributed by atoms with E-state index in [4.69, 9.17) is 17.0 Å². The summed E-state index contributed by atoms with van der Waals surface area (Å²) in [5.74, 6) is 0.605. The van der Waals surface area contributed by atoms with Gasteiger partial charge in [-0.3, -0.25) is 14.9 Å². The normalized spacial score (nSPS) is 11.5. The Labute approximate surface area is 183 Å². The molecule has 3 N–H and O–H groups in total. The molecule has 0 aliphatic carbocycles. The van der Waals surface area contributed by atoms with E-state index in [1.807, 2.05) is 33.8 Å². The lowest BCUT2D eigenvalue weighted by Crippen LogP contribution is -2.34. The number of benzene rings is 2. The van der Waals surface area contributed by atoms with E-state index in [1.54, 1.807) is 42.5 Å². The zero-order chi connectivity index (χ0) is 22.1. The minimum atomic E-state index is -0.320. The first-order valence-corrected chi connectivity index (χ1v) is 10.5. The van der Waals surface area contributed by atoms with Crippen LogP contribution in [0.15, 0.2) is 48.5 Å². The lowest BCUT2D eigenvalue weighted by Gasteiger charge is -2.14. The molecule has 0 spiro atoms. The van der Waals surface area contributed by atoms with Crippen molar-refractivity contribution in [2.45, 2.75) is 46.6 Å². The van der Waals surface area contributed by atoms with E-state index in [1.165, 1.54) is 0 Å². The van der Waals surface area contributed by atoms with Crippen LogP contribution in [0, 0.1) is 5.92 Å². The fourth-order valence-electron chi connectivity index (χ4n) is 2.58. The Morgan fingerprint density at radius 3 is 2.23 bits per heavy atom. The van der Waals surface area contributed by atoms with Crippen molar-refractivity contribution in [3.8, 4) is 5.75 Å². The maximum absolute atomic E-state index is 12.5. The maximum atomic E-state index is 12.5. The van der Waals surface area contributed by atoms with Gasteiger partial charge in [0.15, 0.2) is 5.11 Å². The van der Waals surface area contributed by atoms with Crippen LogP contribution in [0.25, 0.3) is 0 Å². The molecule has 0 radical (unpaired) electrons. The fraction of sp³-hybridized carbons (Fsp3) is 0.348. The van der Waals surface area contributed by atoms with Gasteiger partial charge in [-0.2, -0.15) is 0 Å². The van der Waals surface area contributed by atoms with Gasteiger partial charge in [0.25, 0.3) is 5.91 Å². The van der Waals surface area contributed by atoms with Crippen LogP contribution >= 0.6 is 12.2 Å². The molecule has 7 heteroatoms. The van der Waals surface area contributed by atoms with Crippen LogP contribution < -0.4 is 20.7 Å². The summed E-state index contributed by atoms with van der Waals surface area (Å²) in [6.45, 7) is 8.01. The number of carbonyl (C=O) groups excluding carboxylic acids is 2. The first kappa shape index (κ1) is 23.3. The van der Waals surface area contributed by atoms with Gasteiger partial charge in [0.05, 0.1) is 6.10 Å². The molecule has 0 aliphatic heterocycles. The molecule has 2 rings (SSSR count). The van der Waals surface area contributed by atoms with Gasteiger partial charge < -0.3 is 15.4 Å². The number of amides is 2. The highest BCUT2D eigenvalue weighted by molar-refractivity contribution is 7.80. The molecule has 1 unspecified atom stereocenters. The standard InChI is InChI=1S/C23H29N3O3S/c1-5-16(4)29-20-8-6-7-17(14-20)22(28)26-23(30)25-19-11-9-18(10-12-19)24-21(27)13-15(2)3/h6-12,14-16H,5,13H2,1-4H3,(H,24,27)(H2,25,26,28,30). The zero-order valence-electron chi connectivity index (χ0n) is 17.8. The maximum Gasteiger partial charge on any atom is 0.257 e. The summed E-state index contributed by atoms with van der Waals surface area (Å²) in [5.41, 5.74) is 1.87. The van der Waals surface area contributed by atoms with E-state index in [9.17, 15) is 9.59 Å². The smallest absolute Gasteiger partial charge is 0.257 e. The highest BCUT2D eigenvalue weighted by Crippen LogP contribution is 2.17. The molecule has 0 saturated heterocycles. The Bertz CT molecular complexity index is 882. The Morgan fingerprint density at radius 2 is 1.63 bits per heavy atom. The van der Waals surface area contributed by atoms with Gasteiger partial charge in [0.1, 0.15) is 5.75 Å². The van der Waals surface area contributed by atoms with Crippen LogP contribution in [0.5, 0.6) is 5.75 Å². The summed E-state index contributed by atoms with van der Waals surface area (Å²) >= 11 is 5.24. The van der Waals surface area contributed by atoms with Crippen molar-refractivity contribution in [1.82, 2.24) is 5.32 Å². The van der Waals surface area contributed by atoms with Crippen molar-refractivity contribution >= 4 is 40.5 Å². The molecule has 2 aromatic rings. The first-order valence-electron chi connectivity index (χ1n) is 10.1. The van der Waals surface area contributed by atoms with E-state index < -0.39 is 0 Å². The third-order valence-electron chi connectivity index (χ3n) is 4.26. The molecule has 0 aliphatic rings. The lowest BCUT2D eigenvalue weighted by molar-refractivity contribution is -0.116. The number of hydrogen-bond donors (Lipinski definition) is 3. The molecule has 2 aromatic carbocycles. The summed E-state index contributed by atoms with van der Waals surface area (Å²) in [6.07, 6.45) is 1.42. The van der Waals surface area contributed by atoms with Crippen molar-refractivity contribution in [2.75, 3.05) is 10.6 Å². The summed E-state index contributed by atoms with van der Waals surface area (Å²) in [4.78, 5) is 24.3. The van der Waals surface area contributed by atoms with Crippen molar-refractivity contribution in [3.63, 3.8) is 0 Å². The second kappa shape index (κ2) is 11.3. The zero-order valence-corrected chi connectivity index (χ0v) is 18.6. The number of hydrogen-bond acceptors (Lipinski definition) is 4. The summed E-state index contributed by atoms with van der Waals surface area (Å²) < 4.78 is 5.76. The van der Waals surface area contributed by atoms with Gasteiger partial charge in [-0.15, -0.1) is 0 Å². The molecule has 30 heavy (non-hydrogen) atoms. The molecule has 0 heterocycles. The number of thiocarbonyl (C=S) groups is 1. The molecule has 6 nitrogen and oxygen atoms in total. The van der Waals surface area contributed by atoms with Gasteiger partial charge >= 0.3 is 0 Å². The van der Waals surface area contributed by atoms with E-state index in [2.05, 4.69) is 16.0 Å². The number of ether oxygens (including phenoxy) is 1. The highest BCUT2D eigenvalue weighted by Gasteiger charge is 2.11. The van der Waals surface area contributed by atoms with Crippen LogP contribution in [0.4, 0.5) is 11.4 Å². The van der Waals surface area contributed by atoms with Crippen LogP contribution in [0.1, 0.15) is 50.9 Å². The van der Waals surface area contributed by atoms with E-state index in [0.29, 0.717) is 35.0 Å². The average molecular weight is 428 g/mol. The monoisotopic (exact) mass is 427 g/mol. The third kappa shape index (κ3) is 7.83. The van der Waals surface area contributed by atoms with Crippen molar-refractivity contribution in [1.29, 1.82) is 0 Å². The molecular weight excluding hydrogens is 398 g/mol. The molecule has 160 valence electrons. The molecule has 1 atom stereocenters. The van der Waals surface area contributed by atoms with Gasteiger partial charge in [0, 0.05) is 23.4 Å². The second-order valence-electron chi connectivity index (χ2n) is 7.50. The van der Waals surface area contributed by atoms with Crippen molar-refractivity contribution < 1.29 is 14.3 Å². The van der Waals surface area contributed by atoms with Gasteiger partial charge in [-0.1, -0.05) is 26.8 Å². The van der Waals surface area contributed by atoms with Gasteiger partial charge in [-0.05, 0) is 73.9 Å². The largest absolute Gasteiger partial charge is 0.491 e. The number of nitrogens with one attached hydrogen (secondary N) is 3. The van der Waals surface area contributed by atoms with Crippen LogP contribution in [-0.2, 0) is 4.79 Å². The average Bonchev–Trinajstić information content (AvgIpc) is 2.68. The molecule has 2 amide bonds. The highest BCUT2D eigenvalue weighted by atomic mass is 32.1. The Morgan fingerprint density at radius 1 is 1.00 bits per heavy atom. The molecule has 0 fully saturated rings. The van der Waals surface area contributed by atoms with Crippen molar-refractivity contribution in [3.05, 3.63) is 54.1 Å². The summed E-state index contributed by atoms with van der Waals surface area (Å²) in [7, 11) is 0. The predicted octanol–water partition coefficient (Wildman–Crippen LogP) is 4.98. The van der Waals surface area contributed by atoms with Gasteiger partial charge in [0.2, 0.25) is 5.91 Å². The third-order valence-corrected chi connectivity index (χ3v) is 4.46. The molecule has 0 saturated carbocycles. The van der Waals surface area contributed by atoms with E-state index >= 15 is 0 Å². The van der Waals surface area contributed by atoms with Crippen LogP contribution in [-0.4, -0.2) is 23.0 Å². The van der Waals surface area contributed by atoms with E-state index in [0.717, 1.165) is 6.42 Å². The van der Waals surface area contributed by atoms with E-state index in [-0.39, 0.29) is 23.0 Å². The number of rotatable bonds is 8. The Hall–Kier alpha value is -2.93. The number of anilines is 2. The van der Waals surface area contributed by atoms with Crippen molar-refractivity contribution in [2.24, 2.45) is 5.92 Å². The van der Waals surface area contributed by atoms with Crippen LogP contribution in [0.3, 0.4) is 0 Å². The Balaban J connectivity index is 1.90. The van der Waals surface area contributed by atoms with Crippen LogP contribution in [0.2, 0.25) is 0 Å².